The van der Waals surface area contributed by atoms with E-state index in [4.69, 9.17) is 9.47 Å². The lowest BCUT2D eigenvalue weighted by molar-refractivity contribution is -0.151. The van der Waals surface area contributed by atoms with Crippen molar-refractivity contribution in [2.24, 2.45) is 5.41 Å². The molecule has 0 radical (unpaired) electrons. The predicted octanol–water partition coefficient (Wildman–Crippen LogP) is 2.04. The number of rotatable bonds is 7. The molecule has 5 heteroatoms. The number of esters is 2. The molecule has 0 amide bonds. The van der Waals surface area contributed by atoms with Crippen LogP contribution in [0.3, 0.4) is 0 Å². The molecule has 0 aliphatic rings. The van der Waals surface area contributed by atoms with Gasteiger partial charge in [0.1, 0.15) is 25.4 Å². The Hall–Kier alpha value is -1.65. The molecule has 0 saturated heterocycles. The summed E-state index contributed by atoms with van der Waals surface area (Å²) >= 11 is 0. The summed E-state index contributed by atoms with van der Waals surface area (Å²) in [4.78, 5) is 33.2. The fourth-order valence-corrected chi connectivity index (χ4v) is 1.36. The van der Waals surface area contributed by atoms with Gasteiger partial charge in [0.25, 0.3) is 0 Å². The average Bonchev–Trinajstić information content (AvgIpc) is 2.20. The van der Waals surface area contributed by atoms with Crippen molar-refractivity contribution in [2.45, 2.75) is 40.5 Å². The van der Waals surface area contributed by atoms with Crippen molar-refractivity contribution in [1.82, 2.24) is 0 Å². The SMILES string of the molecule is C=C(CC(C)(C)C)C(=O)OCCOC(=O)CC(C)=O. The van der Waals surface area contributed by atoms with Crippen LogP contribution >= 0.6 is 0 Å². The zero-order chi connectivity index (χ0) is 15.1. The molecule has 0 saturated carbocycles. The van der Waals surface area contributed by atoms with Gasteiger partial charge in [-0.15, -0.1) is 0 Å². The quantitative estimate of drug-likeness (QED) is 0.306. The van der Waals surface area contributed by atoms with Crippen molar-refractivity contribution in [3.63, 3.8) is 0 Å². The summed E-state index contributed by atoms with van der Waals surface area (Å²) in [6.45, 7) is 10.9. The lowest BCUT2D eigenvalue weighted by atomic mass is 9.88. The predicted molar refractivity (Wildman–Crippen MR) is 70.4 cm³/mol. The number of ether oxygens (including phenoxy) is 2. The van der Waals surface area contributed by atoms with Crippen molar-refractivity contribution in [1.29, 1.82) is 0 Å². The standard InChI is InChI=1S/C14H22O5/c1-10(9-14(3,4)5)13(17)19-7-6-18-12(16)8-11(2)15/h1,6-9H2,2-5H3. The molecule has 0 unspecified atom stereocenters. The number of carbonyl (C=O) groups is 3. The van der Waals surface area contributed by atoms with E-state index in [0.717, 1.165) is 0 Å². The molecule has 5 nitrogen and oxygen atoms in total. The first-order valence-electron chi connectivity index (χ1n) is 6.12. The number of hydrogen-bond acceptors (Lipinski definition) is 5. The van der Waals surface area contributed by atoms with Gasteiger partial charge in [-0.2, -0.15) is 0 Å². The Morgan fingerprint density at radius 3 is 2.05 bits per heavy atom. The fourth-order valence-electron chi connectivity index (χ4n) is 1.36. The van der Waals surface area contributed by atoms with Crippen LogP contribution in [-0.2, 0) is 23.9 Å². The molecule has 0 N–H and O–H groups in total. The van der Waals surface area contributed by atoms with Crippen molar-refractivity contribution in [3.05, 3.63) is 12.2 Å². The Morgan fingerprint density at radius 1 is 1.05 bits per heavy atom. The minimum atomic E-state index is -0.614. The number of ketones is 1. The normalized spacial score (nSPS) is 10.7. The maximum atomic E-state index is 11.5. The smallest absolute Gasteiger partial charge is 0.333 e. The van der Waals surface area contributed by atoms with E-state index < -0.39 is 11.9 Å². The summed E-state index contributed by atoms with van der Waals surface area (Å²) in [5.41, 5.74) is 0.354. The Bertz CT molecular complexity index is 363. The molecular formula is C14H22O5. The summed E-state index contributed by atoms with van der Waals surface area (Å²) in [6.07, 6.45) is 0.278. The Kier molecular flexibility index (Phi) is 7.04. The molecule has 0 spiro atoms. The van der Waals surface area contributed by atoms with Crippen LogP contribution in [0.15, 0.2) is 12.2 Å². The van der Waals surface area contributed by atoms with Crippen LogP contribution in [0.4, 0.5) is 0 Å². The maximum Gasteiger partial charge on any atom is 0.333 e. The fraction of sp³-hybridized carbons (Fsp3) is 0.643. The van der Waals surface area contributed by atoms with E-state index in [9.17, 15) is 14.4 Å². The second kappa shape index (κ2) is 7.71. The van der Waals surface area contributed by atoms with Crippen LogP contribution in [-0.4, -0.2) is 30.9 Å². The van der Waals surface area contributed by atoms with Crippen LogP contribution in [0.2, 0.25) is 0 Å². The minimum Gasteiger partial charge on any atom is -0.462 e. The van der Waals surface area contributed by atoms with Crippen molar-refractivity contribution >= 4 is 17.7 Å². The monoisotopic (exact) mass is 270 g/mol. The van der Waals surface area contributed by atoms with Gasteiger partial charge in [-0.1, -0.05) is 27.4 Å². The Balaban J connectivity index is 3.84. The zero-order valence-electron chi connectivity index (χ0n) is 12.1. The van der Waals surface area contributed by atoms with Gasteiger partial charge < -0.3 is 9.47 Å². The average molecular weight is 270 g/mol. The van der Waals surface area contributed by atoms with Crippen LogP contribution in [0.1, 0.15) is 40.5 Å². The second-order valence-corrected chi connectivity index (χ2v) is 5.58. The largest absolute Gasteiger partial charge is 0.462 e. The molecule has 0 rings (SSSR count). The molecule has 0 aliphatic heterocycles. The third-order valence-corrected chi connectivity index (χ3v) is 2.01. The van der Waals surface area contributed by atoms with Crippen molar-refractivity contribution in [2.75, 3.05) is 13.2 Å². The van der Waals surface area contributed by atoms with Crippen LogP contribution in [0.25, 0.3) is 0 Å². The van der Waals surface area contributed by atoms with E-state index in [1.54, 1.807) is 0 Å². The minimum absolute atomic E-state index is 0.0361. The van der Waals surface area contributed by atoms with E-state index in [-0.39, 0.29) is 30.8 Å². The van der Waals surface area contributed by atoms with E-state index in [2.05, 4.69) is 6.58 Å². The van der Waals surface area contributed by atoms with Gasteiger partial charge in [-0.05, 0) is 18.8 Å². The highest BCUT2D eigenvalue weighted by Gasteiger charge is 2.17. The molecule has 108 valence electrons. The molecule has 0 atom stereocenters. The molecule has 0 fully saturated rings. The maximum absolute atomic E-state index is 11.5. The first-order valence-corrected chi connectivity index (χ1v) is 6.12. The zero-order valence-corrected chi connectivity index (χ0v) is 12.1. The van der Waals surface area contributed by atoms with E-state index in [0.29, 0.717) is 12.0 Å². The number of hydrogen-bond donors (Lipinski definition) is 0. The van der Waals surface area contributed by atoms with E-state index in [1.807, 2.05) is 20.8 Å². The Labute approximate surface area is 114 Å². The molecule has 0 aliphatic carbocycles. The first kappa shape index (κ1) is 17.4. The van der Waals surface area contributed by atoms with Gasteiger partial charge in [-0.3, -0.25) is 9.59 Å². The van der Waals surface area contributed by atoms with Crippen LogP contribution in [0.5, 0.6) is 0 Å². The van der Waals surface area contributed by atoms with Gasteiger partial charge in [0, 0.05) is 5.57 Å². The van der Waals surface area contributed by atoms with Gasteiger partial charge in [0.05, 0.1) is 0 Å². The van der Waals surface area contributed by atoms with E-state index in [1.165, 1.54) is 6.92 Å². The molecule has 0 aromatic rings. The number of carbonyl (C=O) groups excluding carboxylic acids is 3. The molecule has 0 aromatic carbocycles. The van der Waals surface area contributed by atoms with Crippen LogP contribution < -0.4 is 0 Å². The third-order valence-electron chi connectivity index (χ3n) is 2.01. The summed E-state index contributed by atoms with van der Waals surface area (Å²) in [6, 6.07) is 0. The first-order chi connectivity index (χ1) is 8.61. The highest BCUT2D eigenvalue weighted by Crippen LogP contribution is 2.23. The summed E-state index contributed by atoms with van der Waals surface area (Å²) in [5.74, 6) is -1.37. The Morgan fingerprint density at radius 2 is 1.58 bits per heavy atom. The van der Waals surface area contributed by atoms with Crippen molar-refractivity contribution < 1.29 is 23.9 Å². The van der Waals surface area contributed by atoms with E-state index >= 15 is 0 Å². The molecule has 0 bridgehead atoms. The van der Waals surface area contributed by atoms with Gasteiger partial charge in [-0.25, -0.2) is 4.79 Å². The third kappa shape index (κ3) is 10.00. The van der Waals surface area contributed by atoms with Gasteiger partial charge in [0.15, 0.2) is 0 Å². The van der Waals surface area contributed by atoms with Gasteiger partial charge >= 0.3 is 11.9 Å². The van der Waals surface area contributed by atoms with Gasteiger partial charge in [0.2, 0.25) is 0 Å². The molecule has 0 heterocycles. The summed E-state index contributed by atoms with van der Waals surface area (Å²) in [7, 11) is 0. The molecule has 0 aromatic heterocycles. The molecule has 19 heavy (non-hydrogen) atoms. The summed E-state index contributed by atoms with van der Waals surface area (Å²) < 4.78 is 9.62. The molecular weight excluding hydrogens is 248 g/mol. The second-order valence-electron chi connectivity index (χ2n) is 5.58. The summed E-state index contributed by atoms with van der Waals surface area (Å²) in [5, 5.41) is 0. The lowest BCUT2D eigenvalue weighted by Crippen LogP contribution is -2.18. The number of Topliss-reactive ketones (excluding diaryl/α,β-unsaturated/α-hetero) is 1. The highest BCUT2D eigenvalue weighted by molar-refractivity contribution is 5.94. The highest BCUT2D eigenvalue weighted by atomic mass is 16.6. The lowest BCUT2D eigenvalue weighted by Gasteiger charge is -2.18. The van der Waals surface area contributed by atoms with Crippen LogP contribution in [0, 0.1) is 5.41 Å². The topological polar surface area (TPSA) is 69.7 Å². The van der Waals surface area contributed by atoms with Crippen molar-refractivity contribution in [3.8, 4) is 0 Å².